The highest BCUT2D eigenvalue weighted by Gasteiger charge is 2.09. The van der Waals surface area contributed by atoms with Crippen molar-refractivity contribution in [3.05, 3.63) is 48.2 Å². The van der Waals surface area contributed by atoms with Gasteiger partial charge in [0.25, 0.3) is 0 Å². The molecule has 1 N–H and O–H groups in total. The first-order valence-electron chi connectivity index (χ1n) is 7.16. The molecule has 0 saturated heterocycles. The first kappa shape index (κ1) is 15.9. The number of benzene rings is 1. The lowest BCUT2D eigenvalue weighted by Gasteiger charge is -2.12. The molecule has 0 amide bonds. The molecule has 0 aliphatic carbocycles. The lowest BCUT2D eigenvalue weighted by molar-refractivity contribution is 0.405. The van der Waals surface area contributed by atoms with Crippen molar-refractivity contribution in [2.45, 2.75) is 30.3 Å². The van der Waals surface area contributed by atoms with E-state index in [0.29, 0.717) is 5.92 Å². The third kappa shape index (κ3) is 4.76. The van der Waals surface area contributed by atoms with E-state index in [0.717, 1.165) is 28.8 Å². The molecule has 3 nitrogen and oxygen atoms in total. The molecule has 21 heavy (non-hydrogen) atoms. The van der Waals surface area contributed by atoms with Crippen LogP contribution < -0.4 is 10.1 Å². The Balaban J connectivity index is 2.12. The van der Waals surface area contributed by atoms with Crippen LogP contribution in [0, 0.1) is 5.92 Å². The highest BCUT2D eigenvalue weighted by Crippen LogP contribution is 2.35. The number of hydrogen-bond donors (Lipinski definition) is 1. The van der Waals surface area contributed by atoms with Gasteiger partial charge in [0.1, 0.15) is 10.8 Å². The topological polar surface area (TPSA) is 34.1 Å². The molecule has 0 aliphatic heterocycles. The fraction of sp³-hybridized carbons (Fsp3) is 0.353. The Bertz CT molecular complexity index is 572. The second kappa shape index (κ2) is 8.05. The van der Waals surface area contributed by atoms with Gasteiger partial charge in [-0.2, -0.15) is 0 Å². The van der Waals surface area contributed by atoms with Crippen LogP contribution >= 0.6 is 11.8 Å². The van der Waals surface area contributed by atoms with Crippen molar-refractivity contribution in [1.29, 1.82) is 0 Å². The van der Waals surface area contributed by atoms with Crippen LogP contribution in [0.3, 0.4) is 0 Å². The predicted molar refractivity (Wildman–Crippen MR) is 87.9 cm³/mol. The number of aromatic nitrogens is 1. The molecule has 4 heteroatoms. The van der Waals surface area contributed by atoms with Crippen LogP contribution in [0.4, 0.5) is 0 Å². The summed E-state index contributed by atoms with van der Waals surface area (Å²) in [6.45, 7) is 6.26. The Labute approximate surface area is 131 Å². The fourth-order valence-electron chi connectivity index (χ4n) is 1.95. The zero-order chi connectivity index (χ0) is 15.1. The van der Waals surface area contributed by atoms with E-state index < -0.39 is 0 Å². The molecular weight excluding hydrogens is 280 g/mol. The van der Waals surface area contributed by atoms with E-state index in [4.69, 9.17) is 4.74 Å². The summed E-state index contributed by atoms with van der Waals surface area (Å²) in [4.78, 5) is 5.60. The molecule has 0 radical (unpaired) electrons. The van der Waals surface area contributed by atoms with Crippen molar-refractivity contribution in [2.75, 3.05) is 13.7 Å². The SMILES string of the molecule is COc1ccccc1Sc1ncccc1CNCC(C)C. The highest BCUT2D eigenvalue weighted by atomic mass is 32.2. The van der Waals surface area contributed by atoms with E-state index in [1.807, 2.05) is 30.5 Å². The number of para-hydroxylation sites is 1. The normalized spacial score (nSPS) is 10.9. The van der Waals surface area contributed by atoms with Crippen LogP contribution in [0.15, 0.2) is 52.5 Å². The first-order valence-corrected chi connectivity index (χ1v) is 7.98. The van der Waals surface area contributed by atoms with Gasteiger partial charge in [-0.1, -0.05) is 43.8 Å². The minimum absolute atomic E-state index is 0.645. The van der Waals surface area contributed by atoms with Crippen molar-refractivity contribution in [1.82, 2.24) is 10.3 Å². The van der Waals surface area contributed by atoms with Crippen LogP contribution in [0.1, 0.15) is 19.4 Å². The van der Waals surface area contributed by atoms with Gasteiger partial charge < -0.3 is 10.1 Å². The molecule has 0 bridgehead atoms. The molecule has 2 aromatic rings. The summed E-state index contributed by atoms with van der Waals surface area (Å²) in [6.07, 6.45) is 1.84. The zero-order valence-electron chi connectivity index (χ0n) is 12.8. The molecule has 1 heterocycles. The van der Waals surface area contributed by atoms with E-state index in [-0.39, 0.29) is 0 Å². The average molecular weight is 302 g/mol. The second-order valence-corrected chi connectivity index (χ2v) is 6.28. The standard InChI is InChI=1S/C17H22N2OS/c1-13(2)11-18-12-14-7-6-10-19-17(14)21-16-9-5-4-8-15(16)20-3/h4-10,13,18H,11-12H2,1-3H3. The van der Waals surface area contributed by atoms with Crippen molar-refractivity contribution >= 4 is 11.8 Å². The van der Waals surface area contributed by atoms with E-state index in [9.17, 15) is 0 Å². The van der Waals surface area contributed by atoms with E-state index in [1.54, 1.807) is 18.9 Å². The van der Waals surface area contributed by atoms with Crippen molar-refractivity contribution < 1.29 is 4.74 Å². The molecule has 0 fully saturated rings. The van der Waals surface area contributed by atoms with Gasteiger partial charge >= 0.3 is 0 Å². The number of rotatable bonds is 7. The van der Waals surface area contributed by atoms with Gasteiger partial charge in [-0.15, -0.1) is 0 Å². The third-order valence-electron chi connectivity index (χ3n) is 2.99. The van der Waals surface area contributed by atoms with Gasteiger partial charge in [-0.25, -0.2) is 4.98 Å². The van der Waals surface area contributed by atoms with Gasteiger partial charge in [0.05, 0.1) is 12.0 Å². The quantitative estimate of drug-likeness (QED) is 0.838. The van der Waals surface area contributed by atoms with E-state index >= 15 is 0 Å². The highest BCUT2D eigenvalue weighted by molar-refractivity contribution is 7.99. The summed E-state index contributed by atoms with van der Waals surface area (Å²) in [6, 6.07) is 12.1. The van der Waals surface area contributed by atoms with Crippen LogP contribution in [0.25, 0.3) is 0 Å². The summed E-state index contributed by atoms with van der Waals surface area (Å²) in [7, 11) is 1.70. The number of nitrogens with zero attached hydrogens (tertiary/aromatic N) is 1. The van der Waals surface area contributed by atoms with Gasteiger partial charge in [-0.3, -0.25) is 0 Å². The monoisotopic (exact) mass is 302 g/mol. The molecule has 0 saturated carbocycles. The maximum Gasteiger partial charge on any atom is 0.132 e. The zero-order valence-corrected chi connectivity index (χ0v) is 13.6. The van der Waals surface area contributed by atoms with Crippen LogP contribution in [0.5, 0.6) is 5.75 Å². The average Bonchev–Trinajstić information content (AvgIpc) is 2.49. The Kier molecular flexibility index (Phi) is 6.08. The van der Waals surface area contributed by atoms with Gasteiger partial charge in [0, 0.05) is 12.7 Å². The van der Waals surface area contributed by atoms with Crippen molar-refractivity contribution in [2.24, 2.45) is 5.92 Å². The molecule has 0 spiro atoms. The van der Waals surface area contributed by atoms with Crippen LogP contribution in [-0.4, -0.2) is 18.6 Å². The number of nitrogens with one attached hydrogen (secondary N) is 1. The summed E-state index contributed by atoms with van der Waals surface area (Å²) in [5, 5.41) is 4.50. The van der Waals surface area contributed by atoms with Crippen LogP contribution in [-0.2, 0) is 6.54 Å². The Morgan fingerprint density at radius 3 is 2.76 bits per heavy atom. The maximum atomic E-state index is 5.41. The minimum Gasteiger partial charge on any atom is -0.496 e. The summed E-state index contributed by atoms with van der Waals surface area (Å²) < 4.78 is 5.41. The van der Waals surface area contributed by atoms with Crippen LogP contribution in [0.2, 0.25) is 0 Å². The van der Waals surface area contributed by atoms with Gasteiger partial charge in [0.2, 0.25) is 0 Å². The fourth-order valence-corrected chi connectivity index (χ4v) is 2.95. The number of hydrogen-bond acceptors (Lipinski definition) is 4. The van der Waals surface area contributed by atoms with Gasteiger partial charge in [0.15, 0.2) is 0 Å². The van der Waals surface area contributed by atoms with E-state index in [1.165, 1.54) is 5.56 Å². The largest absolute Gasteiger partial charge is 0.496 e. The Morgan fingerprint density at radius 2 is 2.00 bits per heavy atom. The minimum atomic E-state index is 0.645. The summed E-state index contributed by atoms with van der Waals surface area (Å²) >= 11 is 1.65. The molecule has 0 atom stereocenters. The number of pyridine rings is 1. The molecular formula is C17H22N2OS. The third-order valence-corrected chi connectivity index (χ3v) is 4.11. The maximum absolute atomic E-state index is 5.41. The second-order valence-electron chi connectivity index (χ2n) is 5.25. The summed E-state index contributed by atoms with van der Waals surface area (Å²) in [5.41, 5.74) is 1.22. The molecule has 1 aromatic heterocycles. The molecule has 0 unspecified atom stereocenters. The number of ether oxygens (including phenoxy) is 1. The predicted octanol–water partition coefficient (Wildman–Crippen LogP) is 3.99. The first-order chi connectivity index (χ1) is 10.2. The summed E-state index contributed by atoms with van der Waals surface area (Å²) in [5.74, 6) is 1.53. The number of methoxy groups -OCH3 is 1. The van der Waals surface area contributed by atoms with Crippen molar-refractivity contribution in [3.8, 4) is 5.75 Å². The van der Waals surface area contributed by atoms with Crippen molar-refractivity contribution in [3.63, 3.8) is 0 Å². The Hall–Kier alpha value is -1.52. The molecule has 112 valence electrons. The molecule has 1 aromatic carbocycles. The lowest BCUT2D eigenvalue weighted by Crippen LogP contribution is -2.19. The van der Waals surface area contributed by atoms with Gasteiger partial charge in [-0.05, 0) is 36.2 Å². The van der Waals surface area contributed by atoms with E-state index in [2.05, 4.69) is 36.3 Å². The molecule has 2 rings (SSSR count). The lowest BCUT2D eigenvalue weighted by atomic mass is 10.2. The smallest absolute Gasteiger partial charge is 0.132 e. The molecule has 0 aliphatic rings. The Morgan fingerprint density at radius 1 is 1.19 bits per heavy atom.